The molecule has 33 heavy (non-hydrogen) atoms. The Hall–Kier alpha value is -3.01. The van der Waals surface area contributed by atoms with Crippen LogP contribution < -0.4 is 10.9 Å². The zero-order chi connectivity index (χ0) is 23.6. The van der Waals surface area contributed by atoms with Crippen molar-refractivity contribution in [2.24, 2.45) is 5.92 Å². The summed E-state index contributed by atoms with van der Waals surface area (Å²) in [4.78, 5) is 28.3. The Morgan fingerprint density at radius 3 is 2.42 bits per heavy atom. The highest BCUT2D eigenvalue weighted by Crippen LogP contribution is 2.26. The highest BCUT2D eigenvalue weighted by Gasteiger charge is 2.27. The van der Waals surface area contributed by atoms with Crippen molar-refractivity contribution in [3.05, 3.63) is 76.1 Å². The smallest absolute Gasteiger partial charge is 0.252 e. The van der Waals surface area contributed by atoms with E-state index in [1.807, 2.05) is 44.2 Å². The molecular formula is C24H27N3O5S. The Morgan fingerprint density at radius 1 is 1.06 bits per heavy atom. The molecule has 2 aromatic carbocycles. The average Bonchev–Trinajstić information content (AvgIpc) is 2.82. The summed E-state index contributed by atoms with van der Waals surface area (Å²) in [5.74, 6) is -0.337. The molecule has 9 heteroatoms. The van der Waals surface area contributed by atoms with Crippen molar-refractivity contribution in [2.75, 3.05) is 26.3 Å². The predicted octanol–water partition coefficient (Wildman–Crippen LogP) is 2.68. The first kappa shape index (κ1) is 23.2. The Balaban J connectivity index is 1.74. The minimum Gasteiger partial charge on any atom is -0.379 e. The Bertz CT molecular complexity index is 1310. The van der Waals surface area contributed by atoms with E-state index in [-0.39, 0.29) is 35.5 Å². The Labute approximate surface area is 192 Å². The minimum atomic E-state index is -3.76. The van der Waals surface area contributed by atoms with Crippen LogP contribution in [-0.4, -0.2) is 49.9 Å². The maximum atomic E-state index is 13.3. The van der Waals surface area contributed by atoms with Crippen molar-refractivity contribution in [2.45, 2.75) is 24.8 Å². The molecule has 1 fully saturated rings. The van der Waals surface area contributed by atoms with Gasteiger partial charge < -0.3 is 15.0 Å². The van der Waals surface area contributed by atoms with Crippen LogP contribution >= 0.6 is 0 Å². The summed E-state index contributed by atoms with van der Waals surface area (Å²) >= 11 is 0. The molecule has 0 aliphatic carbocycles. The number of carbonyl (C=O) groups is 1. The number of ether oxygens (including phenoxy) is 1. The number of hydrogen-bond acceptors (Lipinski definition) is 5. The van der Waals surface area contributed by atoms with Gasteiger partial charge in [0, 0.05) is 30.1 Å². The first-order valence-corrected chi connectivity index (χ1v) is 12.3. The molecule has 0 spiro atoms. The first-order chi connectivity index (χ1) is 15.8. The fourth-order valence-electron chi connectivity index (χ4n) is 4.03. The number of rotatable bonds is 6. The van der Waals surface area contributed by atoms with Gasteiger partial charge in [-0.25, -0.2) is 8.42 Å². The number of nitrogens with one attached hydrogen (secondary N) is 2. The SMILES string of the molecule is CC(C)[C@H](NC(=O)c1cc(=O)[nH]c2ccc(S(=O)(=O)N3CCOCC3)cc12)c1ccccc1. The van der Waals surface area contributed by atoms with Gasteiger partial charge in [0.05, 0.1) is 29.7 Å². The number of morpholine rings is 1. The lowest BCUT2D eigenvalue weighted by Gasteiger charge is -2.26. The lowest BCUT2D eigenvalue weighted by Crippen LogP contribution is -2.40. The van der Waals surface area contributed by atoms with Crippen LogP contribution in [0.4, 0.5) is 0 Å². The van der Waals surface area contributed by atoms with Crippen molar-refractivity contribution in [3.63, 3.8) is 0 Å². The number of aromatic nitrogens is 1. The summed E-state index contributed by atoms with van der Waals surface area (Å²) in [6, 6.07) is 15.0. The van der Waals surface area contributed by atoms with E-state index >= 15 is 0 Å². The van der Waals surface area contributed by atoms with E-state index in [0.717, 1.165) is 5.56 Å². The Morgan fingerprint density at radius 2 is 1.76 bits per heavy atom. The zero-order valence-corrected chi connectivity index (χ0v) is 19.4. The largest absolute Gasteiger partial charge is 0.379 e. The van der Waals surface area contributed by atoms with Crippen LogP contribution in [0, 0.1) is 5.92 Å². The van der Waals surface area contributed by atoms with Gasteiger partial charge in [-0.1, -0.05) is 44.2 Å². The summed E-state index contributed by atoms with van der Waals surface area (Å²) in [6.07, 6.45) is 0. The van der Waals surface area contributed by atoms with Crippen LogP contribution in [0.5, 0.6) is 0 Å². The van der Waals surface area contributed by atoms with E-state index in [9.17, 15) is 18.0 Å². The molecule has 1 saturated heterocycles. The van der Waals surface area contributed by atoms with Crippen LogP contribution in [-0.2, 0) is 14.8 Å². The lowest BCUT2D eigenvalue weighted by atomic mass is 9.95. The molecule has 0 radical (unpaired) electrons. The molecule has 4 rings (SSSR count). The molecular weight excluding hydrogens is 442 g/mol. The fraction of sp³-hybridized carbons (Fsp3) is 0.333. The monoisotopic (exact) mass is 469 g/mol. The van der Waals surface area contributed by atoms with E-state index in [2.05, 4.69) is 10.3 Å². The molecule has 1 aliphatic heterocycles. The number of sulfonamides is 1. The second kappa shape index (κ2) is 9.46. The third-order valence-electron chi connectivity index (χ3n) is 5.78. The van der Waals surface area contributed by atoms with Crippen molar-refractivity contribution >= 4 is 26.8 Å². The summed E-state index contributed by atoms with van der Waals surface area (Å²) in [5, 5.41) is 3.39. The van der Waals surface area contributed by atoms with E-state index in [0.29, 0.717) is 24.1 Å². The summed E-state index contributed by atoms with van der Waals surface area (Å²) in [5.41, 5.74) is 1.05. The second-order valence-electron chi connectivity index (χ2n) is 8.38. The third kappa shape index (κ3) is 4.85. The highest BCUT2D eigenvalue weighted by molar-refractivity contribution is 7.89. The molecule has 1 aliphatic rings. The normalized spacial score (nSPS) is 16.1. The number of H-pyrrole nitrogens is 1. The maximum Gasteiger partial charge on any atom is 0.252 e. The van der Waals surface area contributed by atoms with Crippen LogP contribution in [0.3, 0.4) is 0 Å². The highest BCUT2D eigenvalue weighted by atomic mass is 32.2. The van der Waals surface area contributed by atoms with Gasteiger partial charge in [0.15, 0.2) is 0 Å². The molecule has 3 aromatic rings. The third-order valence-corrected chi connectivity index (χ3v) is 7.67. The number of pyridine rings is 1. The van der Waals surface area contributed by atoms with Crippen molar-refractivity contribution < 1.29 is 17.9 Å². The molecule has 0 saturated carbocycles. The van der Waals surface area contributed by atoms with E-state index in [1.54, 1.807) is 0 Å². The number of benzene rings is 2. The van der Waals surface area contributed by atoms with Crippen LogP contribution in [0.2, 0.25) is 0 Å². The summed E-state index contributed by atoms with van der Waals surface area (Å²) < 4.78 is 32.9. The number of hydrogen-bond donors (Lipinski definition) is 2. The minimum absolute atomic E-state index is 0.0708. The number of amides is 1. The predicted molar refractivity (Wildman–Crippen MR) is 126 cm³/mol. The number of aromatic amines is 1. The zero-order valence-electron chi connectivity index (χ0n) is 18.6. The Kier molecular flexibility index (Phi) is 6.64. The van der Waals surface area contributed by atoms with Crippen molar-refractivity contribution in [1.82, 2.24) is 14.6 Å². The van der Waals surface area contributed by atoms with Crippen LogP contribution in [0.25, 0.3) is 10.9 Å². The number of carbonyl (C=O) groups excluding carboxylic acids is 1. The van der Waals surface area contributed by atoms with Gasteiger partial charge in [0.25, 0.3) is 5.91 Å². The van der Waals surface area contributed by atoms with Gasteiger partial charge in [-0.15, -0.1) is 0 Å². The fourth-order valence-corrected chi connectivity index (χ4v) is 5.47. The van der Waals surface area contributed by atoms with E-state index in [1.165, 1.54) is 28.6 Å². The molecule has 1 atom stereocenters. The van der Waals surface area contributed by atoms with E-state index < -0.39 is 21.5 Å². The molecule has 1 amide bonds. The lowest BCUT2D eigenvalue weighted by molar-refractivity contribution is 0.0730. The van der Waals surface area contributed by atoms with Crippen LogP contribution in [0.1, 0.15) is 35.8 Å². The molecule has 1 aromatic heterocycles. The van der Waals surface area contributed by atoms with Crippen molar-refractivity contribution in [1.29, 1.82) is 0 Å². The molecule has 0 unspecified atom stereocenters. The van der Waals surface area contributed by atoms with Gasteiger partial charge in [-0.3, -0.25) is 9.59 Å². The van der Waals surface area contributed by atoms with Gasteiger partial charge in [0.1, 0.15) is 0 Å². The molecule has 2 N–H and O–H groups in total. The first-order valence-electron chi connectivity index (χ1n) is 10.9. The summed E-state index contributed by atoms with van der Waals surface area (Å²) in [6.45, 7) is 5.22. The average molecular weight is 470 g/mol. The van der Waals surface area contributed by atoms with Gasteiger partial charge >= 0.3 is 0 Å². The van der Waals surface area contributed by atoms with Crippen molar-refractivity contribution in [3.8, 4) is 0 Å². The molecule has 8 nitrogen and oxygen atoms in total. The second-order valence-corrected chi connectivity index (χ2v) is 10.3. The van der Waals surface area contributed by atoms with Gasteiger partial charge in [-0.05, 0) is 29.7 Å². The maximum absolute atomic E-state index is 13.3. The topological polar surface area (TPSA) is 109 Å². The number of nitrogens with zero attached hydrogens (tertiary/aromatic N) is 1. The molecule has 0 bridgehead atoms. The van der Waals surface area contributed by atoms with Gasteiger partial charge in [-0.2, -0.15) is 4.31 Å². The quantitative estimate of drug-likeness (QED) is 0.577. The summed E-state index contributed by atoms with van der Waals surface area (Å²) in [7, 11) is -3.76. The molecule has 2 heterocycles. The standard InChI is InChI=1S/C24H27N3O5S/c1-16(2)23(17-6-4-3-5-7-17)26-24(29)20-15-22(28)25-21-9-8-18(14-19(20)21)33(30,31)27-10-12-32-13-11-27/h3-9,14-16,23H,10-13H2,1-2H3,(H,25,28)(H,26,29)/t23-/m0/s1. The van der Waals surface area contributed by atoms with Gasteiger partial charge in [0.2, 0.25) is 15.6 Å². The van der Waals surface area contributed by atoms with E-state index in [4.69, 9.17) is 4.74 Å². The van der Waals surface area contributed by atoms with Crippen LogP contribution in [0.15, 0.2) is 64.3 Å². The molecule has 174 valence electrons. The number of fused-ring (bicyclic) bond motifs is 1.